The van der Waals surface area contributed by atoms with Gasteiger partial charge < -0.3 is 30.5 Å². The highest BCUT2D eigenvalue weighted by Crippen LogP contribution is 2.12. The number of carbonyl (C=O) groups excluding carboxylic acids is 4. The summed E-state index contributed by atoms with van der Waals surface area (Å²) in [6, 6.07) is 17.1. The SMILES string of the molecule is C=CCC(CC(=O)NC(CO)Cc1ccccc1)C(=O)NCC(C)OC(=O)C(CC=C)NC(=O)OCc1ccccc1. The molecule has 4 N–H and O–H groups in total. The Hall–Kier alpha value is -4.44. The molecule has 0 saturated heterocycles. The molecule has 10 nitrogen and oxygen atoms in total. The third-order valence-electron chi connectivity index (χ3n) is 6.24. The molecule has 10 heteroatoms. The Kier molecular flexibility index (Phi) is 15.1. The van der Waals surface area contributed by atoms with Crippen molar-refractivity contribution in [3.63, 3.8) is 0 Å². The lowest BCUT2D eigenvalue weighted by Crippen LogP contribution is -2.45. The number of nitrogens with one attached hydrogen (secondary N) is 3. The topological polar surface area (TPSA) is 143 Å². The first-order valence-corrected chi connectivity index (χ1v) is 13.9. The highest BCUT2D eigenvalue weighted by atomic mass is 16.6. The first-order valence-electron chi connectivity index (χ1n) is 13.9. The number of ether oxygens (including phenoxy) is 2. The molecule has 4 unspecified atom stereocenters. The number of alkyl carbamates (subject to hydrolysis) is 1. The number of amides is 3. The van der Waals surface area contributed by atoms with Gasteiger partial charge in [-0.25, -0.2) is 9.59 Å². The van der Waals surface area contributed by atoms with E-state index in [4.69, 9.17) is 9.47 Å². The van der Waals surface area contributed by atoms with Gasteiger partial charge in [-0.05, 0) is 37.3 Å². The van der Waals surface area contributed by atoms with E-state index in [1.54, 1.807) is 13.0 Å². The molecule has 2 rings (SSSR count). The summed E-state index contributed by atoms with van der Waals surface area (Å²) in [5.41, 5.74) is 1.77. The molecular formula is C32H41N3O7. The van der Waals surface area contributed by atoms with Crippen LogP contribution in [-0.2, 0) is 36.9 Å². The van der Waals surface area contributed by atoms with Gasteiger partial charge in [0.05, 0.1) is 25.1 Å². The van der Waals surface area contributed by atoms with E-state index in [-0.39, 0.29) is 44.9 Å². The second-order valence-electron chi connectivity index (χ2n) is 9.84. The number of benzene rings is 2. The molecule has 0 aromatic heterocycles. The molecule has 0 radical (unpaired) electrons. The van der Waals surface area contributed by atoms with E-state index in [9.17, 15) is 24.3 Å². The van der Waals surface area contributed by atoms with E-state index in [0.29, 0.717) is 6.42 Å². The predicted octanol–water partition coefficient (Wildman–Crippen LogP) is 3.21. The van der Waals surface area contributed by atoms with Gasteiger partial charge in [0, 0.05) is 6.42 Å². The van der Waals surface area contributed by atoms with Crippen LogP contribution < -0.4 is 16.0 Å². The van der Waals surface area contributed by atoms with Gasteiger partial charge >= 0.3 is 12.1 Å². The van der Waals surface area contributed by atoms with Gasteiger partial charge in [0.1, 0.15) is 18.8 Å². The van der Waals surface area contributed by atoms with E-state index in [1.165, 1.54) is 6.08 Å². The maximum Gasteiger partial charge on any atom is 0.408 e. The minimum absolute atomic E-state index is 0.00757. The number of aliphatic hydroxyl groups is 1. The zero-order valence-electron chi connectivity index (χ0n) is 24.0. The van der Waals surface area contributed by atoms with Crippen LogP contribution in [0.5, 0.6) is 0 Å². The van der Waals surface area contributed by atoms with Gasteiger partial charge in [0.25, 0.3) is 0 Å². The van der Waals surface area contributed by atoms with E-state index < -0.39 is 42.1 Å². The lowest BCUT2D eigenvalue weighted by atomic mass is 9.99. The van der Waals surface area contributed by atoms with Crippen LogP contribution in [0.25, 0.3) is 0 Å². The predicted molar refractivity (Wildman–Crippen MR) is 159 cm³/mol. The molecule has 3 amide bonds. The van der Waals surface area contributed by atoms with Crippen molar-refractivity contribution in [2.45, 2.75) is 57.4 Å². The summed E-state index contributed by atoms with van der Waals surface area (Å²) in [4.78, 5) is 50.5. The van der Waals surface area contributed by atoms with Crippen LogP contribution in [0.15, 0.2) is 86.0 Å². The van der Waals surface area contributed by atoms with Gasteiger partial charge in [-0.1, -0.05) is 72.8 Å². The molecule has 0 aliphatic carbocycles. The number of hydrogen-bond donors (Lipinski definition) is 4. The van der Waals surface area contributed by atoms with E-state index >= 15 is 0 Å². The summed E-state index contributed by atoms with van der Waals surface area (Å²) in [6.07, 6.45) is 2.25. The van der Waals surface area contributed by atoms with Crippen molar-refractivity contribution in [3.05, 3.63) is 97.1 Å². The molecule has 2 aromatic carbocycles. The largest absolute Gasteiger partial charge is 0.459 e. The van der Waals surface area contributed by atoms with Crippen LogP contribution in [0.1, 0.15) is 37.3 Å². The van der Waals surface area contributed by atoms with Crippen molar-refractivity contribution in [2.24, 2.45) is 5.92 Å². The number of hydrogen-bond acceptors (Lipinski definition) is 7. The number of allylic oxidation sites excluding steroid dienone is 1. The van der Waals surface area contributed by atoms with Crippen LogP contribution in [0.3, 0.4) is 0 Å². The zero-order chi connectivity index (χ0) is 30.7. The molecule has 226 valence electrons. The fourth-order valence-electron chi connectivity index (χ4n) is 4.05. The monoisotopic (exact) mass is 579 g/mol. The molecule has 4 atom stereocenters. The standard InChI is InChI=1S/C32H41N3O7/c1-4-12-26(19-29(37)34-27(21-36)18-24-14-8-6-9-15-24)30(38)33-20-23(3)42-31(39)28(13-5-2)35-32(40)41-22-25-16-10-7-11-17-25/h4-11,14-17,23,26-28,36H,1-2,12-13,18-22H2,3H3,(H,33,38)(H,34,37)(H,35,40). The number of carbonyl (C=O) groups is 4. The zero-order valence-corrected chi connectivity index (χ0v) is 24.0. The van der Waals surface area contributed by atoms with Crippen molar-refractivity contribution in [2.75, 3.05) is 13.2 Å². The summed E-state index contributed by atoms with van der Waals surface area (Å²) in [6.45, 7) is 8.68. The fourth-order valence-corrected chi connectivity index (χ4v) is 4.05. The molecule has 42 heavy (non-hydrogen) atoms. The average molecular weight is 580 g/mol. The third-order valence-corrected chi connectivity index (χ3v) is 6.24. The second-order valence-corrected chi connectivity index (χ2v) is 9.84. The number of rotatable bonds is 18. The van der Waals surface area contributed by atoms with Crippen molar-refractivity contribution >= 4 is 23.9 Å². The fraction of sp³-hybridized carbons (Fsp3) is 0.375. The summed E-state index contributed by atoms with van der Waals surface area (Å²) in [5, 5.41) is 17.7. The highest BCUT2D eigenvalue weighted by molar-refractivity contribution is 5.86. The van der Waals surface area contributed by atoms with Gasteiger partial charge in [-0.2, -0.15) is 0 Å². The van der Waals surface area contributed by atoms with Gasteiger partial charge in [-0.15, -0.1) is 13.2 Å². The normalized spacial score (nSPS) is 13.4. The molecular weight excluding hydrogens is 538 g/mol. The maximum atomic E-state index is 12.9. The van der Waals surface area contributed by atoms with Crippen LogP contribution in [0.2, 0.25) is 0 Å². The quantitative estimate of drug-likeness (QED) is 0.157. The Labute approximate surface area is 247 Å². The molecule has 0 fully saturated rings. The molecule has 2 aromatic rings. The van der Waals surface area contributed by atoms with Crippen molar-refractivity contribution < 1.29 is 33.8 Å². The Morgan fingerprint density at radius 2 is 1.52 bits per heavy atom. The first-order chi connectivity index (χ1) is 20.2. The summed E-state index contributed by atoms with van der Waals surface area (Å²) in [7, 11) is 0. The van der Waals surface area contributed by atoms with Crippen molar-refractivity contribution in [1.82, 2.24) is 16.0 Å². The molecule has 0 aliphatic heterocycles. The third kappa shape index (κ3) is 12.8. The average Bonchev–Trinajstić information content (AvgIpc) is 2.99. The minimum atomic E-state index is -1.02. The van der Waals surface area contributed by atoms with Crippen LogP contribution in [-0.4, -0.2) is 60.3 Å². The van der Waals surface area contributed by atoms with Gasteiger partial charge in [0.2, 0.25) is 11.8 Å². The second kappa shape index (κ2) is 18.8. The lowest BCUT2D eigenvalue weighted by Gasteiger charge is -2.22. The van der Waals surface area contributed by atoms with E-state index in [2.05, 4.69) is 29.1 Å². The van der Waals surface area contributed by atoms with E-state index in [1.807, 2.05) is 60.7 Å². The molecule has 0 heterocycles. The lowest BCUT2D eigenvalue weighted by molar-refractivity contribution is -0.151. The highest BCUT2D eigenvalue weighted by Gasteiger charge is 2.26. The number of esters is 1. The summed E-state index contributed by atoms with van der Waals surface area (Å²) >= 11 is 0. The Bertz CT molecular complexity index is 1160. The van der Waals surface area contributed by atoms with Crippen molar-refractivity contribution in [1.29, 1.82) is 0 Å². The van der Waals surface area contributed by atoms with Gasteiger partial charge in [-0.3, -0.25) is 9.59 Å². The van der Waals surface area contributed by atoms with Crippen LogP contribution in [0.4, 0.5) is 4.79 Å². The summed E-state index contributed by atoms with van der Waals surface area (Å²) in [5.74, 6) is -2.18. The van der Waals surface area contributed by atoms with E-state index in [0.717, 1.165) is 11.1 Å². The van der Waals surface area contributed by atoms with Gasteiger partial charge in [0.15, 0.2) is 0 Å². The van der Waals surface area contributed by atoms with Crippen molar-refractivity contribution in [3.8, 4) is 0 Å². The maximum absolute atomic E-state index is 12.9. The Morgan fingerprint density at radius 3 is 2.12 bits per heavy atom. The van der Waals surface area contributed by atoms with Crippen LogP contribution in [0, 0.1) is 5.92 Å². The smallest absolute Gasteiger partial charge is 0.408 e. The summed E-state index contributed by atoms with van der Waals surface area (Å²) < 4.78 is 10.6. The Morgan fingerprint density at radius 1 is 0.905 bits per heavy atom. The number of aliphatic hydroxyl groups excluding tert-OH is 1. The first kappa shape index (κ1) is 33.8. The molecule has 0 aliphatic rings. The molecule has 0 saturated carbocycles. The minimum Gasteiger partial charge on any atom is -0.459 e. The molecule has 0 bridgehead atoms. The molecule has 0 spiro atoms. The van der Waals surface area contributed by atoms with Crippen LogP contribution >= 0.6 is 0 Å². The Balaban J connectivity index is 1.82.